The Morgan fingerprint density at radius 2 is 0.657 bits per heavy atom. The quantitative estimate of drug-likeness (QED) is 0.209. The van der Waals surface area contributed by atoms with Crippen LogP contribution in [0.5, 0.6) is 17.2 Å². The predicted molar refractivity (Wildman–Crippen MR) is 146 cm³/mol. The van der Waals surface area contributed by atoms with Crippen molar-refractivity contribution in [2.45, 2.75) is 0 Å². The standard InChI is InChI=1S/C18H12Cl6O7P4/c19-33(20,26)29-13-7-1-4-10-16(13)32(25,17-11-5-2-8-14(17)30-34(21,22)27)18-12-6-3-9-15(18)31-35(23,24)28/h1-12H. The average Bonchev–Trinajstić information content (AvgIpc) is 2.71. The number of para-hydroxylation sites is 3. The van der Waals surface area contributed by atoms with Gasteiger partial charge in [-0.05, 0) is 36.4 Å². The van der Waals surface area contributed by atoms with Gasteiger partial charge in [0.05, 0.1) is 15.9 Å². The third-order valence-electron chi connectivity index (χ3n) is 4.23. The lowest BCUT2D eigenvalue weighted by Crippen LogP contribution is -2.27. The van der Waals surface area contributed by atoms with Gasteiger partial charge in [0, 0.05) is 67.4 Å². The number of hydrogen-bond acceptors (Lipinski definition) is 7. The Kier molecular flexibility index (Phi) is 9.39. The van der Waals surface area contributed by atoms with Gasteiger partial charge in [-0.15, -0.1) is 0 Å². The first-order valence-electron chi connectivity index (χ1n) is 9.06. The topological polar surface area (TPSA) is 96.0 Å². The molecule has 3 rings (SSSR count). The number of halogens is 6. The minimum atomic E-state index is -4.24. The molecular formula is C18H12Cl6O7P4. The van der Waals surface area contributed by atoms with Gasteiger partial charge in [0.15, 0.2) is 7.14 Å². The summed E-state index contributed by atoms with van der Waals surface area (Å²) < 4.78 is 67.1. The third-order valence-corrected chi connectivity index (χ3v) is 9.84. The fraction of sp³-hybridized carbons (Fsp3) is 0. The van der Waals surface area contributed by atoms with Crippen molar-refractivity contribution in [2.75, 3.05) is 0 Å². The molecule has 3 aromatic carbocycles. The van der Waals surface area contributed by atoms with Gasteiger partial charge in [0.1, 0.15) is 17.2 Å². The molecule has 0 aliphatic heterocycles. The van der Waals surface area contributed by atoms with E-state index >= 15 is 4.57 Å². The molecule has 0 amide bonds. The lowest BCUT2D eigenvalue weighted by molar-refractivity contribution is 0.514. The van der Waals surface area contributed by atoms with Crippen LogP contribution in [0.25, 0.3) is 0 Å². The number of benzene rings is 3. The van der Waals surface area contributed by atoms with Crippen LogP contribution in [0, 0.1) is 0 Å². The van der Waals surface area contributed by atoms with Gasteiger partial charge in [0.2, 0.25) is 0 Å². The van der Waals surface area contributed by atoms with Crippen molar-refractivity contribution in [1.29, 1.82) is 0 Å². The molecular weight excluding hydrogens is 665 g/mol. The van der Waals surface area contributed by atoms with Crippen LogP contribution in [-0.2, 0) is 18.3 Å². The van der Waals surface area contributed by atoms with E-state index in [-0.39, 0.29) is 33.2 Å². The molecule has 0 aromatic heterocycles. The van der Waals surface area contributed by atoms with Gasteiger partial charge in [0.25, 0.3) is 0 Å². The highest BCUT2D eigenvalue weighted by Gasteiger charge is 2.40. The van der Waals surface area contributed by atoms with Crippen LogP contribution >= 0.6 is 92.8 Å². The summed E-state index contributed by atoms with van der Waals surface area (Å²) in [5.41, 5.74) is 0. The zero-order chi connectivity index (χ0) is 26.1. The molecule has 0 unspecified atom stereocenters. The maximum absolute atomic E-state index is 15.2. The molecule has 7 nitrogen and oxygen atoms in total. The van der Waals surface area contributed by atoms with E-state index in [1.165, 1.54) is 72.8 Å². The molecule has 17 heteroatoms. The van der Waals surface area contributed by atoms with Crippen molar-refractivity contribution >= 4 is 109 Å². The SMILES string of the molecule is O=P(Cl)(Cl)Oc1ccccc1P(=O)(c1ccccc1OP(=O)(Cl)Cl)c1ccccc1OP(=O)(Cl)Cl. The maximum atomic E-state index is 15.2. The van der Waals surface area contributed by atoms with Gasteiger partial charge in [-0.25, -0.2) is 13.7 Å². The second-order valence-corrected chi connectivity index (χ2v) is 21.8. The molecule has 0 radical (unpaired) electrons. The first kappa shape index (κ1) is 29.3. The monoisotopic (exact) mass is 674 g/mol. The Bertz CT molecular complexity index is 1260. The summed E-state index contributed by atoms with van der Waals surface area (Å²) in [6.45, 7) is 0. The molecule has 0 saturated carbocycles. The van der Waals surface area contributed by atoms with Gasteiger partial charge in [-0.1, -0.05) is 36.4 Å². The lowest BCUT2D eigenvalue weighted by atomic mass is 10.3. The van der Waals surface area contributed by atoms with E-state index in [2.05, 4.69) is 0 Å². The molecule has 0 spiro atoms. The van der Waals surface area contributed by atoms with Gasteiger partial charge < -0.3 is 18.1 Å². The Morgan fingerprint density at radius 3 is 0.886 bits per heavy atom. The van der Waals surface area contributed by atoms with Crippen LogP contribution in [0.3, 0.4) is 0 Å². The fourth-order valence-corrected chi connectivity index (χ4v) is 8.79. The highest BCUT2D eigenvalue weighted by atomic mass is 35.9. The van der Waals surface area contributed by atoms with Crippen LogP contribution in [0.2, 0.25) is 0 Å². The highest BCUT2D eigenvalue weighted by molar-refractivity contribution is 8.06. The van der Waals surface area contributed by atoms with E-state index in [0.29, 0.717) is 0 Å². The Balaban J connectivity index is 2.44. The summed E-state index contributed by atoms with van der Waals surface area (Å²) in [7, 11) is -4.24. The molecule has 0 heterocycles. The van der Waals surface area contributed by atoms with Crippen LogP contribution in [-0.4, -0.2) is 0 Å². The molecule has 0 N–H and O–H groups in total. The lowest BCUT2D eigenvalue weighted by Gasteiger charge is -2.26. The smallest absolute Gasteiger partial charge is 0.421 e. The van der Waals surface area contributed by atoms with Crippen molar-refractivity contribution in [3.8, 4) is 17.2 Å². The first-order chi connectivity index (χ1) is 16.1. The van der Waals surface area contributed by atoms with E-state index in [1.807, 2.05) is 0 Å². The summed E-state index contributed by atoms with van der Waals surface area (Å²) in [6.07, 6.45) is -12.5. The van der Waals surface area contributed by atoms with E-state index in [4.69, 9.17) is 81.0 Å². The van der Waals surface area contributed by atoms with E-state index < -0.39 is 25.4 Å². The molecule has 0 bridgehead atoms. The molecule has 35 heavy (non-hydrogen) atoms. The summed E-state index contributed by atoms with van der Waals surface area (Å²) in [6, 6.07) is 17.2. The van der Waals surface area contributed by atoms with Crippen LogP contribution < -0.4 is 29.5 Å². The van der Waals surface area contributed by atoms with Crippen LogP contribution in [0.1, 0.15) is 0 Å². The molecule has 3 aromatic rings. The van der Waals surface area contributed by atoms with Crippen LogP contribution in [0.15, 0.2) is 72.8 Å². The minimum absolute atomic E-state index is 0.0772. The van der Waals surface area contributed by atoms with Crippen LogP contribution in [0.4, 0.5) is 0 Å². The second kappa shape index (κ2) is 11.2. The predicted octanol–water partition coefficient (Wildman–Crippen LogP) is 9.22. The van der Waals surface area contributed by atoms with E-state index in [0.717, 1.165) is 0 Å². The summed E-state index contributed by atoms with van der Waals surface area (Å²) in [4.78, 5) is 0. The molecule has 0 aliphatic rings. The summed E-state index contributed by atoms with van der Waals surface area (Å²) in [5, 5.41) is -0.232. The van der Waals surface area contributed by atoms with Gasteiger partial charge >= 0.3 is 18.2 Å². The minimum Gasteiger partial charge on any atom is -0.421 e. The summed E-state index contributed by atoms with van der Waals surface area (Å²) in [5.74, 6) is -0.643. The Labute approximate surface area is 229 Å². The van der Waals surface area contributed by atoms with Crippen molar-refractivity contribution in [3.05, 3.63) is 72.8 Å². The Morgan fingerprint density at radius 1 is 0.429 bits per heavy atom. The van der Waals surface area contributed by atoms with Crippen molar-refractivity contribution in [2.24, 2.45) is 0 Å². The first-order valence-corrected chi connectivity index (χ1v) is 21.1. The number of rotatable bonds is 9. The molecule has 188 valence electrons. The zero-order valence-corrected chi connectivity index (χ0v) is 25.0. The number of hydrogen-bond donors (Lipinski definition) is 0. The van der Waals surface area contributed by atoms with Gasteiger partial charge in [-0.2, -0.15) is 0 Å². The Hall–Kier alpha value is -0.280. The summed E-state index contributed by atoms with van der Waals surface area (Å²) >= 11 is 33.8. The maximum Gasteiger partial charge on any atom is 0.428 e. The molecule has 0 saturated heterocycles. The molecule has 0 atom stereocenters. The average molecular weight is 677 g/mol. The van der Waals surface area contributed by atoms with E-state index in [1.54, 1.807) is 0 Å². The molecule has 0 fully saturated rings. The van der Waals surface area contributed by atoms with E-state index in [9.17, 15) is 13.7 Å². The largest absolute Gasteiger partial charge is 0.428 e. The normalized spacial score (nSPS) is 12.7. The zero-order valence-electron chi connectivity index (χ0n) is 16.8. The second-order valence-electron chi connectivity index (χ2n) is 6.53. The van der Waals surface area contributed by atoms with Crippen molar-refractivity contribution < 1.29 is 31.8 Å². The highest BCUT2D eigenvalue weighted by Crippen LogP contribution is 2.62. The van der Waals surface area contributed by atoms with Gasteiger partial charge in [-0.3, -0.25) is 0 Å². The van der Waals surface area contributed by atoms with Crippen molar-refractivity contribution in [3.63, 3.8) is 0 Å². The third kappa shape index (κ3) is 7.86. The fourth-order valence-electron chi connectivity index (χ4n) is 3.12. The van der Waals surface area contributed by atoms with Crippen molar-refractivity contribution in [1.82, 2.24) is 0 Å². The molecule has 0 aliphatic carbocycles.